The molecule has 0 N–H and O–H groups in total. The second-order valence-electron chi connectivity index (χ2n) is 10.6. The molecule has 8 aromatic rings. The minimum Gasteiger partial charge on any atom is -0.309 e. The average molecular weight is 522 g/mol. The van der Waals surface area contributed by atoms with Crippen molar-refractivity contribution in [3.8, 4) is 50.2 Å². The summed E-state index contributed by atoms with van der Waals surface area (Å²) in [5.74, 6) is 0. The van der Waals surface area contributed by atoms with Crippen molar-refractivity contribution >= 4 is 32.8 Å². The van der Waals surface area contributed by atoms with E-state index in [2.05, 4.69) is 131 Å². The second kappa shape index (κ2) is 8.48. The summed E-state index contributed by atoms with van der Waals surface area (Å²) in [7, 11) is 0. The molecule has 0 amide bonds. The van der Waals surface area contributed by atoms with Crippen LogP contribution in [0.15, 0.2) is 140 Å². The number of aromatic nitrogens is 3. The summed E-state index contributed by atoms with van der Waals surface area (Å²) in [6.45, 7) is 0. The van der Waals surface area contributed by atoms with Crippen molar-refractivity contribution in [1.29, 1.82) is 0 Å². The van der Waals surface area contributed by atoms with Gasteiger partial charge in [0.2, 0.25) is 0 Å². The lowest BCUT2D eigenvalue weighted by atomic mass is 9.80. The molecule has 5 aromatic carbocycles. The van der Waals surface area contributed by atoms with Crippen molar-refractivity contribution < 1.29 is 0 Å². The number of pyridine rings is 2. The van der Waals surface area contributed by atoms with Gasteiger partial charge in [0.05, 0.1) is 16.7 Å². The molecule has 0 radical (unpaired) electrons. The molecule has 1 aliphatic rings. The largest absolute Gasteiger partial charge is 0.309 e. The highest BCUT2D eigenvalue weighted by Gasteiger charge is 2.27. The Labute approximate surface area is 237 Å². The predicted octanol–water partition coefficient (Wildman–Crippen LogP) is 9.71. The van der Waals surface area contributed by atoms with Crippen LogP contribution >= 0.6 is 0 Å². The number of para-hydroxylation sites is 2. The van der Waals surface area contributed by atoms with Crippen LogP contribution in [0.3, 0.4) is 0 Å². The fraction of sp³-hybridized carbons (Fsp3) is 0. The van der Waals surface area contributed by atoms with Crippen LogP contribution in [0.25, 0.3) is 83.0 Å². The minimum atomic E-state index is 0.755. The maximum absolute atomic E-state index is 4.92. The van der Waals surface area contributed by atoms with E-state index in [-0.39, 0.29) is 0 Å². The van der Waals surface area contributed by atoms with Crippen LogP contribution < -0.4 is 0 Å². The molecule has 41 heavy (non-hydrogen) atoms. The summed E-state index contributed by atoms with van der Waals surface area (Å²) in [6, 6.07) is 45.8. The van der Waals surface area contributed by atoms with Crippen LogP contribution in [0, 0.1) is 0 Å². The predicted molar refractivity (Wildman–Crippen MR) is 169 cm³/mol. The fourth-order valence-corrected chi connectivity index (χ4v) is 6.81. The van der Waals surface area contributed by atoms with Crippen LogP contribution in [0.2, 0.25) is 0 Å². The van der Waals surface area contributed by atoms with Gasteiger partial charge >= 0.3 is 0 Å². The van der Waals surface area contributed by atoms with E-state index >= 15 is 0 Å². The van der Waals surface area contributed by atoms with Gasteiger partial charge in [-0.25, -0.2) is 9.97 Å². The molecule has 3 nitrogen and oxygen atoms in total. The van der Waals surface area contributed by atoms with Gasteiger partial charge in [0, 0.05) is 45.2 Å². The Bertz CT molecular complexity index is 2270. The van der Waals surface area contributed by atoms with Crippen molar-refractivity contribution in [2.24, 2.45) is 0 Å². The molecule has 9 rings (SSSR count). The summed E-state index contributed by atoms with van der Waals surface area (Å²) in [5, 5.41) is 3.55. The number of benzene rings is 5. The van der Waals surface area contributed by atoms with Crippen molar-refractivity contribution in [1.82, 2.24) is 14.5 Å². The Morgan fingerprint density at radius 2 is 0.951 bits per heavy atom. The molecular formula is C38H23N3. The van der Waals surface area contributed by atoms with Crippen LogP contribution in [-0.2, 0) is 0 Å². The van der Waals surface area contributed by atoms with Crippen molar-refractivity contribution in [2.75, 3.05) is 0 Å². The zero-order chi connectivity index (χ0) is 26.9. The first-order valence-corrected chi connectivity index (χ1v) is 13.9. The molecule has 0 atom stereocenters. The van der Waals surface area contributed by atoms with Gasteiger partial charge in [-0.1, -0.05) is 97.1 Å². The first-order chi connectivity index (χ1) is 20.4. The summed E-state index contributed by atoms with van der Waals surface area (Å²) in [6.07, 6.45) is 3.86. The van der Waals surface area contributed by atoms with Crippen LogP contribution in [0.1, 0.15) is 0 Å². The van der Waals surface area contributed by atoms with E-state index in [9.17, 15) is 0 Å². The summed E-state index contributed by atoms with van der Waals surface area (Å²) in [4.78, 5) is 9.58. The Hall–Kier alpha value is -5.54. The monoisotopic (exact) mass is 521 g/mol. The first kappa shape index (κ1) is 22.3. The Balaban J connectivity index is 1.53. The number of hydrogen-bond donors (Lipinski definition) is 0. The molecule has 1 aliphatic carbocycles. The van der Waals surface area contributed by atoms with E-state index in [4.69, 9.17) is 4.98 Å². The smallest absolute Gasteiger partial charge is 0.159 e. The lowest BCUT2D eigenvalue weighted by Crippen LogP contribution is -2.04. The molecule has 3 heteroatoms. The Kier molecular flexibility index (Phi) is 4.61. The van der Waals surface area contributed by atoms with E-state index in [0.717, 1.165) is 22.3 Å². The molecular weight excluding hydrogens is 498 g/mol. The highest BCUT2D eigenvalue weighted by atomic mass is 15.0. The minimum absolute atomic E-state index is 0.755. The standard InChI is InChI=1S/C38H23N3/c1-2-13-26-24(11-1)25-12-3-4-16-29(25)36-31-18-10-22-39-38(31)40-23-32(36)37-30(26)17-9-21-35(37)41-33-19-7-5-14-27(33)28-15-6-8-20-34(28)41/h1-23H. The van der Waals surface area contributed by atoms with Gasteiger partial charge in [-0.2, -0.15) is 0 Å². The second-order valence-corrected chi connectivity index (χ2v) is 10.6. The van der Waals surface area contributed by atoms with Crippen molar-refractivity contribution in [2.45, 2.75) is 0 Å². The molecule has 3 aromatic heterocycles. The quantitative estimate of drug-likeness (QED) is 0.215. The summed E-state index contributed by atoms with van der Waals surface area (Å²) >= 11 is 0. The maximum Gasteiger partial charge on any atom is 0.159 e. The third-order valence-electron chi connectivity index (χ3n) is 8.48. The SMILES string of the molecule is c1ccc2c(c1)-c1ccccc1-c1c(cnc3ncccc13)-c1c-2cccc1-n1c2ccccc2c2ccccc21. The Morgan fingerprint density at radius 1 is 0.390 bits per heavy atom. The third kappa shape index (κ3) is 3.09. The topological polar surface area (TPSA) is 30.7 Å². The lowest BCUT2D eigenvalue weighted by molar-refractivity contribution is 1.18. The molecule has 3 heterocycles. The van der Waals surface area contributed by atoms with Crippen molar-refractivity contribution in [3.63, 3.8) is 0 Å². The molecule has 0 aliphatic heterocycles. The van der Waals surface area contributed by atoms with E-state index in [1.807, 2.05) is 18.5 Å². The average Bonchev–Trinajstić information content (AvgIpc) is 3.37. The van der Waals surface area contributed by atoms with E-state index in [0.29, 0.717) is 0 Å². The van der Waals surface area contributed by atoms with Gasteiger partial charge in [-0.05, 0) is 58.1 Å². The van der Waals surface area contributed by atoms with E-state index < -0.39 is 0 Å². The normalized spacial score (nSPS) is 11.9. The highest BCUT2D eigenvalue weighted by molar-refractivity contribution is 6.14. The van der Waals surface area contributed by atoms with Gasteiger partial charge < -0.3 is 4.57 Å². The summed E-state index contributed by atoms with van der Waals surface area (Å²) in [5.41, 5.74) is 13.8. The van der Waals surface area contributed by atoms with Crippen molar-refractivity contribution in [3.05, 3.63) is 140 Å². The Morgan fingerprint density at radius 3 is 1.68 bits per heavy atom. The van der Waals surface area contributed by atoms with E-state index in [1.54, 1.807) is 0 Å². The fourth-order valence-electron chi connectivity index (χ4n) is 6.81. The zero-order valence-electron chi connectivity index (χ0n) is 22.1. The summed E-state index contributed by atoms with van der Waals surface area (Å²) < 4.78 is 2.43. The number of hydrogen-bond acceptors (Lipinski definition) is 2. The van der Waals surface area contributed by atoms with Crippen LogP contribution in [0.4, 0.5) is 0 Å². The van der Waals surface area contributed by atoms with Crippen LogP contribution in [-0.4, -0.2) is 14.5 Å². The van der Waals surface area contributed by atoms with Gasteiger partial charge in [0.25, 0.3) is 0 Å². The third-order valence-corrected chi connectivity index (χ3v) is 8.48. The highest BCUT2D eigenvalue weighted by Crippen LogP contribution is 2.51. The molecule has 0 unspecified atom stereocenters. The van der Waals surface area contributed by atoms with Gasteiger partial charge in [-0.3, -0.25) is 0 Å². The first-order valence-electron chi connectivity index (χ1n) is 13.9. The zero-order valence-corrected chi connectivity index (χ0v) is 22.1. The number of nitrogens with zero attached hydrogens (tertiary/aromatic N) is 3. The molecule has 190 valence electrons. The molecule has 0 fully saturated rings. The van der Waals surface area contributed by atoms with Gasteiger partial charge in [-0.15, -0.1) is 0 Å². The lowest BCUT2D eigenvalue weighted by Gasteiger charge is -2.26. The molecule has 0 saturated carbocycles. The van der Waals surface area contributed by atoms with Gasteiger partial charge in [0.1, 0.15) is 0 Å². The maximum atomic E-state index is 4.92. The van der Waals surface area contributed by atoms with Gasteiger partial charge in [0.15, 0.2) is 5.65 Å². The molecule has 0 spiro atoms. The number of rotatable bonds is 1. The number of fused-ring (bicyclic) bond motifs is 13. The van der Waals surface area contributed by atoms with E-state index in [1.165, 1.54) is 60.8 Å². The molecule has 0 bridgehead atoms. The van der Waals surface area contributed by atoms with Crippen LogP contribution in [0.5, 0.6) is 0 Å². The molecule has 0 saturated heterocycles.